The van der Waals surface area contributed by atoms with E-state index in [0.29, 0.717) is 13.2 Å². The minimum atomic E-state index is -0.126. The van der Waals surface area contributed by atoms with Crippen LogP contribution in [0.5, 0.6) is 0 Å². The molecule has 17 heavy (non-hydrogen) atoms. The molecule has 1 aliphatic heterocycles. The molecule has 0 saturated carbocycles. The smallest absolute Gasteiger partial charge is 0.315 e. The zero-order chi connectivity index (χ0) is 11.9. The van der Waals surface area contributed by atoms with E-state index in [0.717, 1.165) is 26.0 Å². The number of aryl methyl sites for hydroxylation is 1. The van der Waals surface area contributed by atoms with Gasteiger partial charge in [-0.05, 0) is 12.8 Å². The second-order valence-corrected chi connectivity index (χ2v) is 3.98. The van der Waals surface area contributed by atoms with Crippen LogP contribution >= 0.6 is 0 Å². The number of amides is 2. The number of carbonyl (C=O) groups is 1. The van der Waals surface area contributed by atoms with Gasteiger partial charge in [0.2, 0.25) is 0 Å². The van der Waals surface area contributed by atoms with Crippen molar-refractivity contribution in [3.05, 3.63) is 12.4 Å². The van der Waals surface area contributed by atoms with Crippen LogP contribution in [0.1, 0.15) is 12.8 Å². The average Bonchev–Trinajstić information content (AvgIpc) is 2.96. The van der Waals surface area contributed by atoms with E-state index in [4.69, 9.17) is 4.74 Å². The van der Waals surface area contributed by atoms with E-state index in [1.807, 2.05) is 0 Å². The number of hydrogen-bond donors (Lipinski definition) is 2. The molecule has 1 aromatic heterocycles. The lowest BCUT2D eigenvalue weighted by atomic mass is 10.3. The molecular formula is C10H17N5O2. The molecular weight excluding hydrogens is 222 g/mol. The van der Waals surface area contributed by atoms with Crippen LogP contribution in [0.4, 0.5) is 4.79 Å². The molecule has 2 rings (SSSR count). The van der Waals surface area contributed by atoms with Crippen LogP contribution in [0.25, 0.3) is 0 Å². The molecule has 1 fully saturated rings. The lowest BCUT2D eigenvalue weighted by Gasteiger charge is -2.11. The molecule has 1 aliphatic rings. The van der Waals surface area contributed by atoms with Gasteiger partial charge >= 0.3 is 6.03 Å². The fourth-order valence-corrected chi connectivity index (χ4v) is 1.68. The van der Waals surface area contributed by atoms with Gasteiger partial charge in [-0.15, -0.1) is 5.10 Å². The van der Waals surface area contributed by atoms with Crippen molar-refractivity contribution in [1.29, 1.82) is 0 Å². The summed E-state index contributed by atoms with van der Waals surface area (Å²) in [4.78, 5) is 11.4. The van der Waals surface area contributed by atoms with E-state index < -0.39 is 0 Å². The number of rotatable bonds is 5. The Balaban J connectivity index is 1.53. The van der Waals surface area contributed by atoms with Gasteiger partial charge in [0.15, 0.2) is 0 Å². The maximum atomic E-state index is 11.4. The zero-order valence-electron chi connectivity index (χ0n) is 9.63. The molecule has 1 atom stereocenters. The van der Waals surface area contributed by atoms with Crippen molar-refractivity contribution in [3.8, 4) is 0 Å². The summed E-state index contributed by atoms with van der Waals surface area (Å²) in [5.74, 6) is 0. The number of urea groups is 1. The van der Waals surface area contributed by atoms with Crippen LogP contribution in [0.15, 0.2) is 12.4 Å². The van der Waals surface area contributed by atoms with Crippen LogP contribution in [0, 0.1) is 0 Å². The Bertz CT molecular complexity index is 334. The molecule has 7 heteroatoms. The second-order valence-electron chi connectivity index (χ2n) is 3.98. The van der Waals surface area contributed by atoms with Crippen molar-refractivity contribution in [2.24, 2.45) is 0 Å². The van der Waals surface area contributed by atoms with E-state index in [2.05, 4.69) is 20.9 Å². The van der Waals surface area contributed by atoms with Gasteiger partial charge in [0.25, 0.3) is 0 Å². The molecule has 1 aromatic rings. The monoisotopic (exact) mass is 239 g/mol. The average molecular weight is 239 g/mol. The summed E-state index contributed by atoms with van der Waals surface area (Å²) in [7, 11) is 0. The lowest BCUT2D eigenvalue weighted by molar-refractivity contribution is 0.188. The molecule has 1 unspecified atom stereocenters. The first kappa shape index (κ1) is 11.8. The summed E-state index contributed by atoms with van der Waals surface area (Å²) in [5, 5.41) is 13.2. The lowest BCUT2D eigenvalue weighted by Crippen LogP contribution is -2.42. The Morgan fingerprint density at radius 1 is 1.59 bits per heavy atom. The summed E-state index contributed by atoms with van der Waals surface area (Å²) < 4.78 is 6.91. The number of nitrogens with zero attached hydrogens (tertiary/aromatic N) is 3. The quantitative estimate of drug-likeness (QED) is 0.695. The molecule has 2 heterocycles. The topological polar surface area (TPSA) is 81.1 Å². The van der Waals surface area contributed by atoms with Crippen molar-refractivity contribution < 1.29 is 9.53 Å². The second kappa shape index (κ2) is 6.19. The third-order valence-corrected chi connectivity index (χ3v) is 2.59. The van der Waals surface area contributed by atoms with Gasteiger partial charge in [-0.25, -0.2) is 4.79 Å². The minimum absolute atomic E-state index is 0.126. The maximum absolute atomic E-state index is 11.4. The number of hydrogen-bond acceptors (Lipinski definition) is 4. The Kier molecular flexibility index (Phi) is 4.31. The molecule has 2 N–H and O–H groups in total. The Labute approximate surface area is 99.5 Å². The largest absolute Gasteiger partial charge is 0.379 e. The van der Waals surface area contributed by atoms with Crippen LogP contribution in [-0.4, -0.2) is 46.8 Å². The highest BCUT2D eigenvalue weighted by Crippen LogP contribution is 2.02. The highest BCUT2D eigenvalue weighted by Gasteiger charge is 2.16. The van der Waals surface area contributed by atoms with E-state index >= 15 is 0 Å². The fraction of sp³-hybridized carbons (Fsp3) is 0.700. The van der Waals surface area contributed by atoms with Gasteiger partial charge in [0, 0.05) is 25.9 Å². The summed E-state index contributed by atoms with van der Waals surface area (Å²) in [6.07, 6.45) is 5.17. The van der Waals surface area contributed by atoms with Crippen LogP contribution in [-0.2, 0) is 11.3 Å². The van der Waals surface area contributed by atoms with Crippen molar-refractivity contribution >= 4 is 6.03 Å². The zero-order valence-corrected chi connectivity index (χ0v) is 9.63. The third-order valence-electron chi connectivity index (χ3n) is 2.59. The van der Waals surface area contributed by atoms with Gasteiger partial charge in [0.1, 0.15) is 0 Å². The molecule has 0 radical (unpaired) electrons. The van der Waals surface area contributed by atoms with Gasteiger partial charge in [0.05, 0.1) is 18.8 Å². The first-order valence-corrected chi connectivity index (χ1v) is 5.81. The number of aromatic nitrogens is 3. The summed E-state index contributed by atoms with van der Waals surface area (Å²) in [6.45, 7) is 2.73. The van der Waals surface area contributed by atoms with Gasteiger partial charge in [-0.3, -0.25) is 4.68 Å². The number of carbonyl (C=O) groups excluding carboxylic acids is 1. The van der Waals surface area contributed by atoms with E-state index in [9.17, 15) is 4.79 Å². The van der Waals surface area contributed by atoms with Crippen LogP contribution in [0.2, 0.25) is 0 Å². The first-order valence-electron chi connectivity index (χ1n) is 5.81. The Hall–Kier alpha value is -1.63. The Morgan fingerprint density at radius 3 is 3.24 bits per heavy atom. The van der Waals surface area contributed by atoms with Crippen molar-refractivity contribution in [1.82, 2.24) is 25.6 Å². The van der Waals surface area contributed by atoms with E-state index in [1.54, 1.807) is 17.1 Å². The third kappa shape index (κ3) is 4.03. The molecule has 0 bridgehead atoms. The maximum Gasteiger partial charge on any atom is 0.315 e. The minimum Gasteiger partial charge on any atom is -0.379 e. The van der Waals surface area contributed by atoms with E-state index in [-0.39, 0.29) is 12.1 Å². The van der Waals surface area contributed by atoms with Crippen molar-refractivity contribution in [3.63, 3.8) is 0 Å². The standard InChI is InChI=1S/C10H17N5O2/c16-10(13-9-2-7-17-8-9)11-3-1-5-15-6-4-12-14-15/h4,6,9H,1-3,5,7-8H2,(H2,11,13,16). The molecule has 0 spiro atoms. The van der Waals surface area contributed by atoms with Crippen LogP contribution in [0.3, 0.4) is 0 Å². The summed E-state index contributed by atoms with van der Waals surface area (Å²) >= 11 is 0. The molecule has 1 saturated heterocycles. The number of ether oxygens (including phenoxy) is 1. The molecule has 0 aromatic carbocycles. The SMILES string of the molecule is O=C(NCCCn1ccnn1)NC1CCOC1. The summed E-state index contributed by atoms with van der Waals surface area (Å²) in [6, 6.07) is 0.0319. The van der Waals surface area contributed by atoms with Crippen molar-refractivity contribution in [2.75, 3.05) is 19.8 Å². The number of nitrogens with one attached hydrogen (secondary N) is 2. The van der Waals surface area contributed by atoms with Gasteiger partial charge < -0.3 is 15.4 Å². The predicted octanol–water partition coefficient (Wildman–Crippen LogP) is -0.244. The highest BCUT2D eigenvalue weighted by atomic mass is 16.5. The molecule has 94 valence electrons. The molecule has 0 aliphatic carbocycles. The van der Waals surface area contributed by atoms with Gasteiger partial charge in [-0.1, -0.05) is 5.21 Å². The summed E-state index contributed by atoms with van der Waals surface area (Å²) in [5.41, 5.74) is 0. The van der Waals surface area contributed by atoms with E-state index in [1.165, 1.54) is 0 Å². The fourth-order valence-electron chi connectivity index (χ4n) is 1.68. The molecule has 2 amide bonds. The first-order chi connectivity index (χ1) is 8.34. The van der Waals surface area contributed by atoms with Crippen molar-refractivity contribution in [2.45, 2.75) is 25.4 Å². The Morgan fingerprint density at radius 2 is 2.53 bits per heavy atom. The highest BCUT2D eigenvalue weighted by molar-refractivity contribution is 5.74. The molecule has 7 nitrogen and oxygen atoms in total. The predicted molar refractivity (Wildman–Crippen MR) is 60.4 cm³/mol. The van der Waals surface area contributed by atoms with Gasteiger partial charge in [-0.2, -0.15) is 0 Å². The normalized spacial score (nSPS) is 19.2. The van der Waals surface area contributed by atoms with Crippen LogP contribution < -0.4 is 10.6 Å².